The molecule has 0 bridgehead atoms. The lowest BCUT2D eigenvalue weighted by atomic mass is 10.1. The summed E-state index contributed by atoms with van der Waals surface area (Å²) in [6, 6.07) is 0. The van der Waals surface area contributed by atoms with Gasteiger partial charge in [0.1, 0.15) is 0 Å². The number of aliphatic hydroxyl groups is 1. The smallest absolute Gasteiger partial charge is 0.234 e. The van der Waals surface area contributed by atoms with Crippen LogP contribution >= 0.6 is 0 Å². The van der Waals surface area contributed by atoms with Crippen molar-refractivity contribution in [2.45, 2.75) is 38.9 Å². The lowest BCUT2D eigenvalue weighted by Gasteiger charge is -2.20. The van der Waals surface area contributed by atoms with Gasteiger partial charge in [0.15, 0.2) is 5.82 Å². The number of ether oxygens (including phenoxy) is 1. The van der Waals surface area contributed by atoms with Crippen LogP contribution in [0.4, 0.5) is 5.82 Å². The molecule has 1 unspecified atom stereocenters. The highest BCUT2D eigenvalue weighted by molar-refractivity contribution is 5.39. The van der Waals surface area contributed by atoms with Gasteiger partial charge in [0.05, 0.1) is 24.1 Å². The van der Waals surface area contributed by atoms with E-state index in [1.54, 1.807) is 12.4 Å². The van der Waals surface area contributed by atoms with Crippen LogP contribution in [0, 0.1) is 0 Å². The van der Waals surface area contributed by atoms with Crippen molar-refractivity contribution in [1.82, 2.24) is 9.97 Å². The zero-order valence-electron chi connectivity index (χ0n) is 10.6. The summed E-state index contributed by atoms with van der Waals surface area (Å²) >= 11 is 0. The van der Waals surface area contributed by atoms with Gasteiger partial charge in [-0.3, -0.25) is 4.98 Å². The summed E-state index contributed by atoms with van der Waals surface area (Å²) in [5, 5.41) is 9.92. The fourth-order valence-electron chi connectivity index (χ4n) is 1.93. The van der Waals surface area contributed by atoms with E-state index >= 15 is 0 Å². The van der Waals surface area contributed by atoms with Gasteiger partial charge in [0.25, 0.3) is 0 Å². The molecule has 17 heavy (non-hydrogen) atoms. The molecule has 0 aliphatic carbocycles. The maximum Gasteiger partial charge on any atom is 0.234 e. The molecule has 0 saturated carbocycles. The Balaban J connectivity index is 2.11. The number of anilines is 1. The zero-order chi connectivity index (χ0) is 12.5. The third-order valence-electron chi connectivity index (χ3n) is 2.73. The Morgan fingerprint density at radius 3 is 2.82 bits per heavy atom. The van der Waals surface area contributed by atoms with Crippen LogP contribution in [0.15, 0.2) is 12.4 Å². The summed E-state index contributed by atoms with van der Waals surface area (Å²) in [5.74, 6) is 1.30. The van der Waals surface area contributed by atoms with Gasteiger partial charge in [0.2, 0.25) is 5.88 Å². The molecule has 0 amide bonds. The van der Waals surface area contributed by atoms with Gasteiger partial charge in [0, 0.05) is 13.1 Å². The lowest BCUT2D eigenvalue weighted by molar-refractivity contribution is 0.0838. The summed E-state index contributed by atoms with van der Waals surface area (Å²) in [7, 11) is 0. The van der Waals surface area contributed by atoms with Gasteiger partial charge < -0.3 is 14.7 Å². The Morgan fingerprint density at radius 1 is 1.47 bits per heavy atom. The van der Waals surface area contributed by atoms with Crippen molar-refractivity contribution >= 4 is 5.82 Å². The second kappa shape index (κ2) is 4.49. The van der Waals surface area contributed by atoms with E-state index in [0.717, 1.165) is 18.8 Å². The second-order valence-electron chi connectivity index (χ2n) is 5.05. The maximum atomic E-state index is 9.92. The van der Waals surface area contributed by atoms with E-state index in [0.29, 0.717) is 12.4 Å². The highest BCUT2D eigenvalue weighted by Gasteiger charge is 2.32. The van der Waals surface area contributed by atoms with Crippen LogP contribution in [0.5, 0.6) is 5.88 Å². The standard InChI is InChI=1S/C12H19N3O2/c1-9(2)17-11-7-13-6-10(14-11)15-5-4-12(3,16)8-15/h6-7,9,16H,4-5,8H2,1-3H3. The van der Waals surface area contributed by atoms with E-state index in [-0.39, 0.29) is 6.10 Å². The maximum absolute atomic E-state index is 9.92. The second-order valence-corrected chi connectivity index (χ2v) is 5.05. The van der Waals surface area contributed by atoms with Crippen LogP contribution < -0.4 is 9.64 Å². The molecule has 2 rings (SSSR count). The van der Waals surface area contributed by atoms with Crippen molar-refractivity contribution in [1.29, 1.82) is 0 Å². The first-order chi connectivity index (χ1) is 7.96. The van der Waals surface area contributed by atoms with Crippen molar-refractivity contribution in [3.05, 3.63) is 12.4 Å². The fraction of sp³-hybridized carbons (Fsp3) is 0.667. The van der Waals surface area contributed by atoms with E-state index in [2.05, 4.69) is 9.97 Å². The van der Waals surface area contributed by atoms with Crippen LogP contribution in [-0.4, -0.2) is 39.9 Å². The molecule has 94 valence electrons. The van der Waals surface area contributed by atoms with E-state index in [1.165, 1.54) is 0 Å². The average Bonchev–Trinajstić information content (AvgIpc) is 2.58. The van der Waals surface area contributed by atoms with E-state index in [4.69, 9.17) is 4.74 Å². The minimum atomic E-state index is -0.628. The van der Waals surface area contributed by atoms with Crippen molar-refractivity contribution in [2.75, 3.05) is 18.0 Å². The van der Waals surface area contributed by atoms with E-state index in [9.17, 15) is 5.11 Å². The molecule has 1 aliphatic rings. The largest absolute Gasteiger partial charge is 0.474 e. The van der Waals surface area contributed by atoms with Crippen molar-refractivity contribution < 1.29 is 9.84 Å². The molecule has 5 nitrogen and oxygen atoms in total. The molecule has 1 aromatic rings. The van der Waals surface area contributed by atoms with Gasteiger partial charge in [-0.2, -0.15) is 4.98 Å². The Hall–Kier alpha value is -1.36. The zero-order valence-corrected chi connectivity index (χ0v) is 10.6. The lowest BCUT2D eigenvalue weighted by Crippen LogP contribution is -2.30. The molecule has 0 spiro atoms. The monoisotopic (exact) mass is 237 g/mol. The van der Waals surface area contributed by atoms with Crippen molar-refractivity contribution in [2.24, 2.45) is 0 Å². The molecule has 1 aromatic heterocycles. The summed E-state index contributed by atoms with van der Waals surface area (Å²) in [6.45, 7) is 7.14. The average molecular weight is 237 g/mol. The predicted octanol–water partition coefficient (Wildman–Crippen LogP) is 1.22. The number of nitrogens with zero attached hydrogens (tertiary/aromatic N) is 3. The molecular weight excluding hydrogens is 218 g/mol. The first-order valence-electron chi connectivity index (χ1n) is 5.92. The van der Waals surface area contributed by atoms with E-state index in [1.807, 2.05) is 25.7 Å². The molecule has 1 saturated heterocycles. The minimum Gasteiger partial charge on any atom is -0.474 e. The van der Waals surface area contributed by atoms with Crippen LogP contribution in [-0.2, 0) is 0 Å². The third kappa shape index (κ3) is 3.06. The molecule has 2 heterocycles. The van der Waals surface area contributed by atoms with Crippen LogP contribution in [0.25, 0.3) is 0 Å². The SMILES string of the molecule is CC(C)Oc1cncc(N2CCC(C)(O)C2)n1. The van der Waals surface area contributed by atoms with Gasteiger partial charge in [-0.15, -0.1) is 0 Å². The molecule has 1 aliphatic heterocycles. The normalized spacial score (nSPS) is 24.4. The van der Waals surface area contributed by atoms with Crippen molar-refractivity contribution in [3.63, 3.8) is 0 Å². The number of aromatic nitrogens is 2. The quantitative estimate of drug-likeness (QED) is 0.856. The Kier molecular flexibility index (Phi) is 3.19. The van der Waals surface area contributed by atoms with Crippen LogP contribution in [0.1, 0.15) is 27.2 Å². The fourth-order valence-corrected chi connectivity index (χ4v) is 1.93. The highest BCUT2D eigenvalue weighted by Crippen LogP contribution is 2.25. The molecule has 5 heteroatoms. The van der Waals surface area contributed by atoms with Gasteiger partial charge in [-0.25, -0.2) is 0 Å². The Bertz CT molecular complexity index is 393. The van der Waals surface area contributed by atoms with Crippen LogP contribution in [0.2, 0.25) is 0 Å². The molecule has 1 fully saturated rings. The van der Waals surface area contributed by atoms with Gasteiger partial charge in [-0.1, -0.05) is 0 Å². The highest BCUT2D eigenvalue weighted by atomic mass is 16.5. The predicted molar refractivity (Wildman–Crippen MR) is 65.2 cm³/mol. The molecular formula is C12H19N3O2. The molecule has 1 atom stereocenters. The minimum absolute atomic E-state index is 0.0845. The van der Waals surface area contributed by atoms with Crippen LogP contribution in [0.3, 0.4) is 0 Å². The van der Waals surface area contributed by atoms with Crippen molar-refractivity contribution in [3.8, 4) is 5.88 Å². The Labute approximate surface area is 101 Å². The number of hydrogen-bond donors (Lipinski definition) is 1. The summed E-state index contributed by atoms with van der Waals surface area (Å²) in [4.78, 5) is 10.5. The number of β-amino-alcohol motifs (C(OH)–C–C–N with tert-alkyl or cyclic N) is 1. The first kappa shape index (κ1) is 12.1. The molecule has 1 N–H and O–H groups in total. The number of rotatable bonds is 3. The topological polar surface area (TPSA) is 58.5 Å². The molecule has 0 aromatic carbocycles. The first-order valence-corrected chi connectivity index (χ1v) is 5.92. The molecule has 0 radical (unpaired) electrons. The van der Waals surface area contributed by atoms with Gasteiger partial charge >= 0.3 is 0 Å². The van der Waals surface area contributed by atoms with Gasteiger partial charge in [-0.05, 0) is 27.2 Å². The summed E-state index contributed by atoms with van der Waals surface area (Å²) in [6.07, 6.45) is 4.15. The summed E-state index contributed by atoms with van der Waals surface area (Å²) in [5.41, 5.74) is -0.628. The third-order valence-corrected chi connectivity index (χ3v) is 2.73. The van der Waals surface area contributed by atoms with E-state index < -0.39 is 5.60 Å². The summed E-state index contributed by atoms with van der Waals surface area (Å²) < 4.78 is 5.50. The number of hydrogen-bond acceptors (Lipinski definition) is 5. The Morgan fingerprint density at radius 2 is 2.24 bits per heavy atom.